The summed E-state index contributed by atoms with van der Waals surface area (Å²) in [6.45, 7) is 11.3. The Hall–Kier alpha value is -2.89. The highest BCUT2D eigenvalue weighted by Gasteiger charge is 2.43. The third-order valence-corrected chi connectivity index (χ3v) is 7.73. The molecule has 0 spiro atoms. The molecule has 1 heterocycles. The van der Waals surface area contributed by atoms with Crippen LogP contribution in [0.5, 0.6) is 5.75 Å². The number of aliphatic hydroxyl groups is 1. The molecule has 0 radical (unpaired) electrons. The zero-order valence-electron chi connectivity index (χ0n) is 27.6. The van der Waals surface area contributed by atoms with Gasteiger partial charge in [-0.3, -0.25) is 9.59 Å². The van der Waals surface area contributed by atoms with Gasteiger partial charge in [0.1, 0.15) is 11.4 Å². The average molecular weight is 620 g/mol. The molecule has 2 N–H and O–H groups in total. The molecule has 3 amide bonds. The summed E-state index contributed by atoms with van der Waals surface area (Å²) in [5.41, 5.74) is 1.13. The Morgan fingerprint density at radius 3 is 2.32 bits per heavy atom. The molecule has 1 saturated heterocycles. The number of benzene rings is 1. The lowest BCUT2D eigenvalue weighted by Gasteiger charge is -2.39. The summed E-state index contributed by atoms with van der Waals surface area (Å²) < 4.78 is 22.0. The van der Waals surface area contributed by atoms with Crippen LogP contribution in [0.3, 0.4) is 0 Å². The largest absolute Gasteiger partial charge is 0.497 e. The normalized spacial score (nSPS) is 19.4. The summed E-state index contributed by atoms with van der Waals surface area (Å²) >= 11 is 0. The van der Waals surface area contributed by atoms with Crippen LogP contribution in [0.25, 0.3) is 0 Å². The molecule has 248 valence electrons. The molecular weight excluding hydrogens is 566 g/mol. The van der Waals surface area contributed by atoms with E-state index in [-0.39, 0.29) is 43.5 Å². The van der Waals surface area contributed by atoms with Crippen molar-refractivity contribution in [1.82, 2.24) is 15.1 Å². The maximum atomic E-state index is 14.2. The van der Waals surface area contributed by atoms with Crippen LogP contribution in [0.1, 0.15) is 71.4 Å². The van der Waals surface area contributed by atoms with E-state index in [1.807, 2.05) is 36.9 Å². The molecule has 0 aromatic heterocycles. The topological polar surface area (TPSA) is 127 Å². The van der Waals surface area contributed by atoms with Gasteiger partial charge in [0.05, 0.1) is 51.4 Å². The maximum Gasteiger partial charge on any atom is 0.410 e. The predicted molar refractivity (Wildman–Crippen MR) is 166 cm³/mol. The zero-order valence-corrected chi connectivity index (χ0v) is 27.6. The van der Waals surface area contributed by atoms with Gasteiger partial charge in [-0.1, -0.05) is 19.9 Å². The smallest absolute Gasteiger partial charge is 0.410 e. The van der Waals surface area contributed by atoms with Crippen molar-refractivity contribution in [3.8, 4) is 5.75 Å². The van der Waals surface area contributed by atoms with Gasteiger partial charge in [0, 0.05) is 32.8 Å². The fraction of sp³-hybridized carbons (Fsp3) is 0.727. The number of hydrogen-bond donors (Lipinski definition) is 2. The van der Waals surface area contributed by atoms with Crippen molar-refractivity contribution < 1.29 is 38.4 Å². The van der Waals surface area contributed by atoms with Crippen LogP contribution in [0.4, 0.5) is 4.79 Å². The van der Waals surface area contributed by atoms with E-state index in [0.29, 0.717) is 45.0 Å². The van der Waals surface area contributed by atoms with Crippen LogP contribution in [0, 0.1) is 17.8 Å². The summed E-state index contributed by atoms with van der Waals surface area (Å²) in [7, 11) is 3.24. The van der Waals surface area contributed by atoms with E-state index in [0.717, 1.165) is 24.0 Å². The van der Waals surface area contributed by atoms with Crippen LogP contribution in [0.15, 0.2) is 18.2 Å². The lowest BCUT2D eigenvalue weighted by atomic mass is 9.87. The van der Waals surface area contributed by atoms with Crippen molar-refractivity contribution in [3.63, 3.8) is 0 Å². The van der Waals surface area contributed by atoms with E-state index < -0.39 is 29.6 Å². The van der Waals surface area contributed by atoms with E-state index in [2.05, 4.69) is 5.32 Å². The number of carbonyl (C=O) groups excluding carboxylic acids is 3. The monoisotopic (exact) mass is 619 g/mol. The number of likely N-dealkylation sites (tertiary alicyclic amines) is 1. The quantitative estimate of drug-likeness (QED) is 0.285. The molecule has 2 fully saturated rings. The average Bonchev–Trinajstić information content (AvgIpc) is 3.81. The van der Waals surface area contributed by atoms with Gasteiger partial charge in [0.2, 0.25) is 11.8 Å². The highest BCUT2D eigenvalue weighted by Crippen LogP contribution is 2.34. The molecule has 2 aliphatic rings. The van der Waals surface area contributed by atoms with E-state index in [1.54, 1.807) is 35.0 Å². The Morgan fingerprint density at radius 2 is 1.73 bits per heavy atom. The summed E-state index contributed by atoms with van der Waals surface area (Å²) in [5.74, 6) is -0.568. The highest BCUT2D eigenvalue weighted by molar-refractivity contribution is 5.84. The molecule has 11 nitrogen and oxygen atoms in total. The summed E-state index contributed by atoms with van der Waals surface area (Å²) in [5, 5.41) is 12.8. The van der Waals surface area contributed by atoms with Crippen LogP contribution >= 0.6 is 0 Å². The first-order valence-corrected chi connectivity index (χ1v) is 15.8. The predicted octanol–water partition coefficient (Wildman–Crippen LogP) is 3.75. The van der Waals surface area contributed by atoms with Gasteiger partial charge in [-0.2, -0.15) is 0 Å². The number of carbonyl (C=O) groups is 3. The number of piperidine rings is 1. The minimum atomic E-state index is -0.720. The number of amides is 3. The first-order chi connectivity index (χ1) is 20.8. The second kappa shape index (κ2) is 16.4. The van der Waals surface area contributed by atoms with E-state index >= 15 is 0 Å². The van der Waals surface area contributed by atoms with Gasteiger partial charge in [-0.25, -0.2) is 4.79 Å². The first kappa shape index (κ1) is 35.6. The maximum absolute atomic E-state index is 14.2. The summed E-state index contributed by atoms with van der Waals surface area (Å²) in [6.07, 6.45) is 2.20. The molecule has 1 aliphatic carbocycles. The van der Waals surface area contributed by atoms with Gasteiger partial charge in [0.15, 0.2) is 0 Å². The van der Waals surface area contributed by atoms with Gasteiger partial charge in [-0.15, -0.1) is 0 Å². The number of ether oxygens (including phenoxy) is 4. The number of methoxy groups -OCH3 is 2. The summed E-state index contributed by atoms with van der Waals surface area (Å²) in [6, 6.07) is 5.57. The van der Waals surface area contributed by atoms with Crippen molar-refractivity contribution in [3.05, 3.63) is 29.3 Å². The lowest BCUT2D eigenvalue weighted by Crippen LogP contribution is -2.54. The molecule has 3 atom stereocenters. The van der Waals surface area contributed by atoms with Gasteiger partial charge in [-0.05, 0) is 75.6 Å². The number of rotatable bonds is 15. The van der Waals surface area contributed by atoms with Gasteiger partial charge < -0.3 is 39.2 Å². The minimum absolute atomic E-state index is 0.0832. The standard InChI is InChI=1S/C33H53N3O8/c1-22(2)12-27(20-37)34-30(38)25-16-26(19-35(18-25)32(40)44-33(3,4)5)31(39)36(28-8-9-28)17-23-13-24(15-29(14-23)42-7)21-43-11-10-41-6/h13-15,22,25-28,37H,8-12,16-21H2,1-7H3,(H,34,38)/t25-,26+,27?/m0/s1. The molecule has 11 heteroatoms. The van der Waals surface area contributed by atoms with E-state index in [1.165, 1.54) is 4.90 Å². The van der Waals surface area contributed by atoms with Crippen molar-refractivity contribution >= 4 is 17.9 Å². The Kier molecular flexibility index (Phi) is 13.3. The van der Waals surface area contributed by atoms with Crippen molar-refractivity contribution in [1.29, 1.82) is 0 Å². The number of nitrogens with zero attached hydrogens (tertiary/aromatic N) is 2. The Balaban J connectivity index is 1.82. The first-order valence-electron chi connectivity index (χ1n) is 15.8. The minimum Gasteiger partial charge on any atom is -0.497 e. The van der Waals surface area contributed by atoms with E-state index in [4.69, 9.17) is 18.9 Å². The van der Waals surface area contributed by atoms with Gasteiger partial charge >= 0.3 is 6.09 Å². The number of hydrogen-bond acceptors (Lipinski definition) is 8. The molecule has 0 bridgehead atoms. The molecule has 1 aromatic rings. The molecule has 1 saturated carbocycles. The SMILES string of the molecule is COCCOCc1cc(CN(C(=O)[C@@H]2C[C@H](C(=O)NC(CO)CC(C)C)CN(C(=O)OC(C)(C)C)C2)C2CC2)cc(OC)c1. The van der Waals surface area contributed by atoms with Crippen LogP contribution in [-0.4, -0.2) is 97.6 Å². The molecule has 3 rings (SSSR count). The van der Waals surface area contributed by atoms with E-state index in [9.17, 15) is 19.5 Å². The molecule has 44 heavy (non-hydrogen) atoms. The highest BCUT2D eigenvalue weighted by atomic mass is 16.6. The van der Waals surface area contributed by atoms with Crippen LogP contribution < -0.4 is 10.1 Å². The Bertz CT molecular complexity index is 1100. The fourth-order valence-electron chi connectivity index (χ4n) is 5.57. The molecule has 1 aliphatic heterocycles. The molecule has 1 unspecified atom stereocenters. The number of nitrogens with one attached hydrogen (secondary N) is 1. The third-order valence-electron chi connectivity index (χ3n) is 7.73. The second-order valence-corrected chi connectivity index (χ2v) is 13.5. The summed E-state index contributed by atoms with van der Waals surface area (Å²) in [4.78, 5) is 44.2. The van der Waals surface area contributed by atoms with Crippen molar-refractivity contribution in [2.75, 3.05) is 47.1 Å². The Morgan fingerprint density at radius 1 is 1.05 bits per heavy atom. The second-order valence-electron chi connectivity index (χ2n) is 13.5. The van der Waals surface area contributed by atoms with Crippen LogP contribution in [-0.2, 0) is 37.0 Å². The van der Waals surface area contributed by atoms with Gasteiger partial charge in [0.25, 0.3) is 0 Å². The number of aliphatic hydroxyl groups excluding tert-OH is 1. The van der Waals surface area contributed by atoms with Crippen molar-refractivity contribution in [2.45, 2.75) is 91.1 Å². The van der Waals surface area contributed by atoms with Crippen LogP contribution in [0.2, 0.25) is 0 Å². The fourth-order valence-corrected chi connectivity index (χ4v) is 5.57. The van der Waals surface area contributed by atoms with Crippen molar-refractivity contribution in [2.24, 2.45) is 17.8 Å². The zero-order chi connectivity index (χ0) is 32.4. The molecular formula is C33H53N3O8. The Labute approximate surface area is 262 Å². The lowest BCUT2D eigenvalue weighted by molar-refractivity contribution is -0.140. The third kappa shape index (κ3) is 11.2. The molecule has 1 aromatic carbocycles.